The van der Waals surface area contributed by atoms with E-state index in [4.69, 9.17) is 4.74 Å². The van der Waals surface area contributed by atoms with Crippen LogP contribution in [0.5, 0.6) is 0 Å². The number of hydrogen-bond acceptors (Lipinski definition) is 5. The van der Waals surface area contributed by atoms with Gasteiger partial charge in [0.2, 0.25) is 0 Å². The molecule has 26 heavy (non-hydrogen) atoms. The lowest BCUT2D eigenvalue weighted by Gasteiger charge is -2.56. The Morgan fingerprint density at radius 3 is 2.85 bits per heavy atom. The third kappa shape index (κ3) is 1.67. The van der Waals surface area contributed by atoms with Gasteiger partial charge in [0.05, 0.1) is 6.10 Å². The first-order chi connectivity index (χ1) is 12.3. The summed E-state index contributed by atoms with van der Waals surface area (Å²) >= 11 is 0. The molecular weight excluding hydrogens is 332 g/mol. The van der Waals surface area contributed by atoms with E-state index in [1.165, 1.54) is 0 Å². The molecule has 0 spiro atoms. The molecule has 5 heteroatoms. The quantitative estimate of drug-likeness (QED) is 0.763. The van der Waals surface area contributed by atoms with E-state index in [0.717, 1.165) is 24.8 Å². The van der Waals surface area contributed by atoms with Crippen LogP contribution in [0.2, 0.25) is 0 Å². The number of aliphatic hydroxyl groups excluding tert-OH is 1. The number of fused-ring (bicyclic) bond motifs is 7. The Balaban J connectivity index is 1.57. The summed E-state index contributed by atoms with van der Waals surface area (Å²) in [6, 6.07) is 0. The Kier molecular flexibility index (Phi) is 3.07. The summed E-state index contributed by atoms with van der Waals surface area (Å²) < 4.78 is 5.81. The summed E-state index contributed by atoms with van der Waals surface area (Å²) in [5.41, 5.74) is -0.801. The van der Waals surface area contributed by atoms with Crippen molar-refractivity contribution >= 4 is 17.3 Å². The highest BCUT2D eigenvalue weighted by atomic mass is 16.6. The minimum atomic E-state index is -0.956. The summed E-state index contributed by atoms with van der Waals surface area (Å²) in [6.07, 6.45) is 7.87. The molecule has 5 nitrogen and oxygen atoms in total. The Bertz CT molecular complexity index is 809. The van der Waals surface area contributed by atoms with Crippen LogP contribution in [-0.2, 0) is 19.1 Å². The molecule has 138 valence electrons. The normalized spacial score (nSPS) is 51.1. The Hall–Kier alpha value is -1.59. The van der Waals surface area contributed by atoms with Gasteiger partial charge in [-0.25, -0.2) is 0 Å². The van der Waals surface area contributed by atoms with Crippen LogP contribution in [-0.4, -0.2) is 40.8 Å². The maximum atomic E-state index is 13.4. The highest BCUT2D eigenvalue weighted by Crippen LogP contribution is 2.72. The second-order valence-corrected chi connectivity index (χ2v) is 9.19. The first-order valence-corrected chi connectivity index (χ1v) is 9.57. The Morgan fingerprint density at radius 1 is 1.35 bits per heavy atom. The summed E-state index contributed by atoms with van der Waals surface area (Å²) in [5.74, 6) is 0.201. The van der Waals surface area contributed by atoms with E-state index in [-0.39, 0.29) is 41.2 Å². The van der Waals surface area contributed by atoms with Crippen molar-refractivity contribution in [3.05, 3.63) is 23.8 Å². The molecule has 4 fully saturated rings. The van der Waals surface area contributed by atoms with E-state index in [1.807, 2.05) is 13.0 Å². The molecule has 0 aromatic carbocycles. The van der Waals surface area contributed by atoms with Crippen LogP contribution in [0.4, 0.5) is 0 Å². The van der Waals surface area contributed by atoms with E-state index in [0.29, 0.717) is 6.42 Å². The fourth-order valence-electron chi connectivity index (χ4n) is 7.06. The van der Waals surface area contributed by atoms with Gasteiger partial charge in [0.25, 0.3) is 0 Å². The lowest BCUT2D eigenvalue weighted by atomic mass is 9.47. The van der Waals surface area contributed by atoms with Crippen molar-refractivity contribution in [1.29, 1.82) is 0 Å². The fourth-order valence-corrected chi connectivity index (χ4v) is 7.06. The van der Waals surface area contributed by atoms with Crippen molar-refractivity contribution in [2.45, 2.75) is 51.2 Å². The van der Waals surface area contributed by atoms with Crippen molar-refractivity contribution in [2.75, 3.05) is 6.61 Å². The minimum Gasteiger partial charge on any atom is -0.388 e. The van der Waals surface area contributed by atoms with E-state index < -0.39 is 23.0 Å². The summed E-state index contributed by atoms with van der Waals surface area (Å²) in [7, 11) is 0. The maximum absolute atomic E-state index is 13.4. The predicted molar refractivity (Wildman–Crippen MR) is 92.1 cm³/mol. The van der Waals surface area contributed by atoms with Crippen molar-refractivity contribution in [3.8, 4) is 0 Å². The molecule has 0 aromatic heterocycles. The zero-order chi connectivity index (χ0) is 18.5. The van der Waals surface area contributed by atoms with Gasteiger partial charge in [0, 0.05) is 23.2 Å². The largest absolute Gasteiger partial charge is 0.388 e. The minimum absolute atomic E-state index is 0.00651. The molecule has 5 rings (SSSR count). The Labute approximate surface area is 152 Å². The van der Waals surface area contributed by atoms with Crippen molar-refractivity contribution in [1.82, 2.24) is 0 Å². The molecule has 1 aliphatic heterocycles. The molecular formula is C21H24O5. The van der Waals surface area contributed by atoms with E-state index in [9.17, 15) is 19.5 Å². The van der Waals surface area contributed by atoms with Crippen molar-refractivity contribution in [2.24, 2.45) is 28.6 Å². The number of hydrogen-bond donors (Lipinski definition) is 1. The van der Waals surface area contributed by atoms with Crippen LogP contribution in [0, 0.1) is 28.6 Å². The maximum Gasteiger partial charge on any atom is 0.193 e. The van der Waals surface area contributed by atoms with Crippen LogP contribution in [0.15, 0.2) is 23.8 Å². The molecule has 4 aliphatic carbocycles. The van der Waals surface area contributed by atoms with Gasteiger partial charge in [-0.3, -0.25) is 14.4 Å². The summed E-state index contributed by atoms with van der Waals surface area (Å²) in [5, 5.41) is 9.45. The lowest BCUT2D eigenvalue weighted by Crippen LogP contribution is -2.58. The van der Waals surface area contributed by atoms with Gasteiger partial charge < -0.3 is 9.84 Å². The predicted octanol–water partition coefficient (Wildman–Crippen LogP) is 1.78. The number of epoxide rings is 1. The van der Waals surface area contributed by atoms with Crippen LogP contribution in [0.3, 0.4) is 0 Å². The number of carbonyl (C=O) groups is 3. The van der Waals surface area contributed by atoms with E-state index >= 15 is 0 Å². The number of carbonyl (C=O) groups excluding carboxylic acids is 3. The van der Waals surface area contributed by atoms with Crippen LogP contribution < -0.4 is 0 Å². The first-order valence-electron chi connectivity index (χ1n) is 9.57. The van der Waals surface area contributed by atoms with Crippen LogP contribution >= 0.6 is 0 Å². The number of Topliss-reactive ketones (excluding diaryl/α,β-unsaturated/α-hetero) is 2. The molecule has 1 unspecified atom stereocenters. The smallest absolute Gasteiger partial charge is 0.193 e. The first kappa shape index (κ1) is 16.6. The van der Waals surface area contributed by atoms with E-state index in [2.05, 4.69) is 6.92 Å². The number of ether oxygens (including phenoxy) is 1. The van der Waals surface area contributed by atoms with Crippen molar-refractivity contribution in [3.63, 3.8) is 0 Å². The van der Waals surface area contributed by atoms with Crippen molar-refractivity contribution < 1.29 is 24.2 Å². The average molecular weight is 356 g/mol. The molecule has 5 aliphatic rings. The van der Waals surface area contributed by atoms with Gasteiger partial charge in [-0.15, -0.1) is 0 Å². The third-order valence-corrected chi connectivity index (χ3v) is 8.25. The third-order valence-electron chi connectivity index (χ3n) is 8.25. The molecule has 1 N–H and O–H groups in total. The standard InChI is InChI=1S/C21H24O5/c1-19-6-5-12(23)7-11(19)3-4-13-14-8-17-21(26-17,16(25)10-22)20(14,2)9-15(24)18(13)19/h5-7,13-14,17-18,22H,3-4,8-10H2,1-2H3/t13-,14-,17?,18+,19-,20-,21+/m0/s1. The van der Waals surface area contributed by atoms with Crippen LogP contribution in [0.25, 0.3) is 0 Å². The molecule has 0 bridgehead atoms. The van der Waals surface area contributed by atoms with Crippen LogP contribution in [0.1, 0.15) is 39.5 Å². The molecule has 0 amide bonds. The molecule has 1 saturated heterocycles. The average Bonchev–Trinajstić information content (AvgIpc) is 3.28. The molecule has 7 atom stereocenters. The van der Waals surface area contributed by atoms with Gasteiger partial charge in [0.1, 0.15) is 12.4 Å². The van der Waals surface area contributed by atoms with Gasteiger partial charge in [-0.1, -0.05) is 25.5 Å². The SMILES string of the molecule is C[C@]12C=CC(=O)C=C1CC[C@@H]1[C@@H]2C(=O)C[C@@]2(C)[C@H]1CC1O[C@]12C(=O)CO. The second kappa shape index (κ2) is 4.82. The highest BCUT2D eigenvalue weighted by molar-refractivity contribution is 6.02. The second-order valence-electron chi connectivity index (χ2n) is 9.19. The number of allylic oxidation sites excluding steroid dienone is 4. The zero-order valence-corrected chi connectivity index (χ0v) is 15.2. The van der Waals surface area contributed by atoms with Gasteiger partial charge in [-0.2, -0.15) is 0 Å². The lowest BCUT2D eigenvalue weighted by molar-refractivity contribution is -0.153. The number of ketones is 3. The van der Waals surface area contributed by atoms with Gasteiger partial charge in [0.15, 0.2) is 17.2 Å². The summed E-state index contributed by atoms with van der Waals surface area (Å²) in [4.78, 5) is 37.7. The van der Waals surface area contributed by atoms with E-state index in [1.54, 1.807) is 12.2 Å². The topological polar surface area (TPSA) is 84.0 Å². The molecule has 0 radical (unpaired) electrons. The van der Waals surface area contributed by atoms with Gasteiger partial charge >= 0.3 is 0 Å². The summed E-state index contributed by atoms with van der Waals surface area (Å²) in [6.45, 7) is 3.57. The zero-order valence-electron chi connectivity index (χ0n) is 15.2. The van der Waals surface area contributed by atoms with Gasteiger partial charge in [-0.05, 0) is 43.3 Å². The fraction of sp³-hybridized carbons (Fsp3) is 0.667. The number of aliphatic hydroxyl groups is 1. The molecule has 0 aromatic rings. The number of rotatable bonds is 2. The monoisotopic (exact) mass is 356 g/mol. The Morgan fingerprint density at radius 2 is 2.12 bits per heavy atom. The molecule has 3 saturated carbocycles. The molecule has 1 heterocycles. The highest BCUT2D eigenvalue weighted by Gasteiger charge is 2.81.